The summed E-state index contributed by atoms with van der Waals surface area (Å²) in [6.07, 6.45) is 0.399. The molecule has 0 amide bonds. The third kappa shape index (κ3) is 7.14. The maximum absolute atomic E-state index is 12.1. The van der Waals surface area contributed by atoms with Crippen molar-refractivity contribution < 1.29 is 19.4 Å². The van der Waals surface area contributed by atoms with E-state index >= 15 is 0 Å². The van der Waals surface area contributed by atoms with Crippen LogP contribution in [0.3, 0.4) is 0 Å². The van der Waals surface area contributed by atoms with Gasteiger partial charge in [0.1, 0.15) is 11.5 Å². The van der Waals surface area contributed by atoms with Gasteiger partial charge in [-0.05, 0) is 29.5 Å². The van der Waals surface area contributed by atoms with Crippen LogP contribution in [-0.4, -0.2) is 30.2 Å². The van der Waals surface area contributed by atoms with E-state index < -0.39 is 6.10 Å². The van der Waals surface area contributed by atoms with Gasteiger partial charge in [0.15, 0.2) is 0 Å². The third-order valence-electron chi connectivity index (χ3n) is 3.92. The predicted molar refractivity (Wildman–Crippen MR) is 91.6 cm³/mol. The Hall–Kier alpha value is -1.39. The van der Waals surface area contributed by atoms with Gasteiger partial charge in [0, 0.05) is 12.8 Å². The number of hydrogen-bond donors (Lipinski definition) is 1. The Kier molecular flexibility index (Phi) is 7.73. The van der Waals surface area contributed by atoms with Crippen molar-refractivity contribution in [2.45, 2.75) is 65.8 Å². The van der Waals surface area contributed by atoms with Gasteiger partial charge in [-0.1, -0.05) is 39.8 Å². The molecule has 0 unspecified atom stereocenters. The number of rotatable bonds is 9. The summed E-state index contributed by atoms with van der Waals surface area (Å²) < 4.78 is 11.1. The van der Waals surface area contributed by atoms with E-state index in [-0.39, 0.29) is 23.7 Å². The van der Waals surface area contributed by atoms with Crippen LogP contribution in [-0.2, 0) is 16.1 Å². The fourth-order valence-corrected chi connectivity index (χ4v) is 2.23. The number of ketones is 1. The summed E-state index contributed by atoms with van der Waals surface area (Å²) in [7, 11) is 1.64. The molecule has 0 fully saturated rings. The summed E-state index contributed by atoms with van der Waals surface area (Å²) in [5, 5.41) is 9.63. The molecule has 0 spiro atoms. The molecule has 4 nitrogen and oxygen atoms in total. The van der Waals surface area contributed by atoms with E-state index in [1.54, 1.807) is 7.11 Å². The summed E-state index contributed by atoms with van der Waals surface area (Å²) >= 11 is 0. The van der Waals surface area contributed by atoms with E-state index in [9.17, 15) is 9.90 Å². The van der Waals surface area contributed by atoms with Gasteiger partial charge in [-0.25, -0.2) is 0 Å². The molecule has 0 saturated heterocycles. The summed E-state index contributed by atoms with van der Waals surface area (Å²) in [5.41, 5.74) is 0.903. The molecule has 130 valence electrons. The van der Waals surface area contributed by atoms with Crippen LogP contribution in [0.15, 0.2) is 24.3 Å². The second-order valence-electron chi connectivity index (χ2n) is 7.02. The Bertz CT molecular complexity index is 473. The first-order valence-electron chi connectivity index (χ1n) is 8.20. The first kappa shape index (κ1) is 19.7. The molecule has 23 heavy (non-hydrogen) atoms. The molecule has 0 aromatic heterocycles. The van der Waals surface area contributed by atoms with Gasteiger partial charge < -0.3 is 14.6 Å². The van der Waals surface area contributed by atoms with E-state index in [2.05, 4.69) is 20.8 Å². The summed E-state index contributed by atoms with van der Waals surface area (Å²) in [6.45, 7) is 8.52. The lowest BCUT2D eigenvalue weighted by molar-refractivity contribution is -0.127. The minimum atomic E-state index is -0.551. The molecule has 0 radical (unpaired) electrons. The van der Waals surface area contributed by atoms with Crippen LogP contribution >= 0.6 is 0 Å². The van der Waals surface area contributed by atoms with E-state index in [1.807, 2.05) is 31.2 Å². The SMILES string of the molecule is CC[C@H](O)CC(=O)C[C@@H](OCc1ccc(OC)cc1)C(C)(C)C. The van der Waals surface area contributed by atoms with Crippen LogP contribution in [0.25, 0.3) is 0 Å². The number of carbonyl (C=O) groups is 1. The molecule has 0 aliphatic heterocycles. The van der Waals surface area contributed by atoms with Crippen LogP contribution in [0.1, 0.15) is 52.5 Å². The number of hydrogen-bond acceptors (Lipinski definition) is 4. The van der Waals surface area contributed by atoms with Gasteiger partial charge in [0.2, 0.25) is 0 Å². The Morgan fingerprint density at radius 1 is 1.17 bits per heavy atom. The van der Waals surface area contributed by atoms with Crippen molar-refractivity contribution >= 4 is 5.78 Å². The Balaban J connectivity index is 2.62. The molecule has 0 bridgehead atoms. The highest BCUT2D eigenvalue weighted by atomic mass is 16.5. The van der Waals surface area contributed by atoms with Crippen molar-refractivity contribution in [2.75, 3.05) is 7.11 Å². The van der Waals surface area contributed by atoms with E-state index in [1.165, 1.54) is 0 Å². The lowest BCUT2D eigenvalue weighted by atomic mass is 9.85. The monoisotopic (exact) mass is 322 g/mol. The van der Waals surface area contributed by atoms with Crippen molar-refractivity contribution in [1.82, 2.24) is 0 Å². The molecule has 0 heterocycles. The molecule has 1 aromatic carbocycles. The number of methoxy groups -OCH3 is 1. The van der Waals surface area contributed by atoms with Crippen LogP contribution in [0.5, 0.6) is 5.75 Å². The lowest BCUT2D eigenvalue weighted by Gasteiger charge is -2.30. The number of ether oxygens (including phenoxy) is 2. The van der Waals surface area contributed by atoms with Crippen LogP contribution in [0.4, 0.5) is 0 Å². The van der Waals surface area contributed by atoms with Crippen molar-refractivity contribution in [3.05, 3.63) is 29.8 Å². The average Bonchev–Trinajstić information content (AvgIpc) is 2.50. The minimum absolute atomic E-state index is 0.0500. The third-order valence-corrected chi connectivity index (χ3v) is 3.92. The molecule has 1 N–H and O–H groups in total. The van der Waals surface area contributed by atoms with E-state index in [0.717, 1.165) is 11.3 Å². The lowest BCUT2D eigenvalue weighted by Crippen LogP contribution is -2.32. The maximum Gasteiger partial charge on any atom is 0.138 e. The van der Waals surface area contributed by atoms with Crippen LogP contribution in [0.2, 0.25) is 0 Å². The zero-order chi connectivity index (χ0) is 17.5. The van der Waals surface area contributed by atoms with Gasteiger partial charge >= 0.3 is 0 Å². The number of carbonyl (C=O) groups excluding carboxylic acids is 1. The summed E-state index contributed by atoms with van der Waals surface area (Å²) in [5.74, 6) is 0.860. The molecular formula is C19H30O4. The fourth-order valence-electron chi connectivity index (χ4n) is 2.23. The van der Waals surface area contributed by atoms with Gasteiger partial charge in [0.05, 0.1) is 25.9 Å². The topological polar surface area (TPSA) is 55.8 Å². The number of Topliss-reactive ketones (excluding diaryl/α,β-unsaturated/α-hetero) is 1. The number of aliphatic hydroxyl groups excluding tert-OH is 1. The van der Waals surface area contributed by atoms with Crippen LogP contribution < -0.4 is 4.74 Å². The predicted octanol–water partition coefficient (Wildman–Crippen LogP) is 3.75. The smallest absolute Gasteiger partial charge is 0.138 e. The first-order chi connectivity index (χ1) is 10.8. The zero-order valence-corrected chi connectivity index (χ0v) is 15.0. The van der Waals surface area contributed by atoms with Crippen molar-refractivity contribution in [3.63, 3.8) is 0 Å². The Morgan fingerprint density at radius 2 is 1.78 bits per heavy atom. The van der Waals surface area contributed by atoms with E-state index in [4.69, 9.17) is 9.47 Å². The zero-order valence-electron chi connectivity index (χ0n) is 15.0. The van der Waals surface area contributed by atoms with Gasteiger partial charge in [-0.15, -0.1) is 0 Å². The highest BCUT2D eigenvalue weighted by Gasteiger charge is 2.28. The highest BCUT2D eigenvalue weighted by Crippen LogP contribution is 2.27. The van der Waals surface area contributed by atoms with Gasteiger partial charge in [-0.2, -0.15) is 0 Å². The molecule has 1 aromatic rings. The Labute approximate surface area is 139 Å². The summed E-state index contributed by atoms with van der Waals surface area (Å²) in [6, 6.07) is 7.71. The maximum atomic E-state index is 12.1. The largest absolute Gasteiger partial charge is 0.497 e. The van der Waals surface area contributed by atoms with Crippen molar-refractivity contribution in [2.24, 2.45) is 5.41 Å². The molecule has 1 rings (SSSR count). The Morgan fingerprint density at radius 3 is 2.26 bits per heavy atom. The second-order valence-corrected chi connectivity index (χ2v) is 7.02. The molecule has 0 saturated carbocycles. The van der Waals surface area contributed by atoms with Crippen LogP contribution in [0, 0.1) is 5.41 Å². The molecular weight excluding hydrogens is 292 g/mol. The van der Waals surface area contributed by atoms with Crippen molar-refractivity contribution in [3.8, 4) is 5.75 Å². The first-order valence-corrected chi connectivity index (χ1v) is 8.20. The number of benzene rings is 1. The minimum Gasteiger partial charge on any atom is -0.497 e. The molecule has 0 aliphatic rings. The average molecular weight is 322 g/mol. The standard InChI is InChI=1S/C19H30O4/c1-6-15(20)11-16(21)12-18(19(2,3)4)23-13-14-7-9-17(22-5)10-8-14/h7-10,15,18,20H,6,11-13H2,1-5H3/t15-,18+/m0/s1. The fraction of sp³-hybridized carbons (Fsp3) is 0.632. The van der Waals surface area contributed by atoms with Gasteiger partial charge in [0.25, 0.3) is 0 Å². The molecule has 4 heteroatoms. The van der Waals surface area contributed by atoms with Crippen molar-refractivity contribution in [1.29, 1.82) is 0 Å². The number of aliphatic hydroxyl groups is 1. The highest BCUT2D eigenvalue weighted by molar-refractivity contribution is 5.79. The molecule has 2 atom stereocenters. The normalized spacial score (nSPS) is 14.3. The second kappa shape index (κ2) is 9.04. The molecule has 0 aliphatic carbocycles. The summed E-state index contributed by atoms with van der Waals surface area (Å²) in [4.78, 5) is 12.1. The van der Waals surface area contributed by atoms with Gasteiger partial charge in [-0.3, -0.25) is 4.79 Å². The van der Waals surface area contributed by atoms with E-state index in [0.29, 0.717) is 19.4 Å². The quantitative estimate of drug-likeness (QED) is 0.752.